The van der Waals surface area contributed by atoms with Crippen molar-refractivity contribution >= 4 is 17.8 Å². The summed E-state index contributed by atoms with van der Waals surface area (Å²) >= 11 is 0. The van der Waals surface area contributed by atoms with E-state index in [1.54, 1.807) is 24.1 Å². The van der Waals surface area contributed by atoms with Gasteiger partial charge in [-0.25, -0.2) is 4.39 Å². The van der Waals surface area contributed by atoms with Crippen LogP contribution in [0.2, 0.25) is 0 Å². The first-order valence-electron chi connectivity index (χ1n) is 8.22. The predicted octanol–water partition coefficient (Wildman–Crippen LogP) is 1.58. The number of halogens is 1. The average molecular weight is 350 g/mol. The highest BCUT2D eigenvalue weighted by molar-refractivity contribution is 5.88. The van der Waals surface area contributed by atoms with E-state index >= 15 is 0 Å². The second-order valence-electron chi connectivity index (χ2n) is 6.53. The Balaban J connectivity index is 1.81. The number of amides is 2. The molecule has 0 radical (unpaired) electrons. The first-order chi connectivity index (χ1) is 11.8. The van der Waals surface area contributed by atoms with Crippen molar-refractivity contribution in [2.24, 2.45) is 5.92 Å². The number of likely N-dealkylation sites (tertiary alicyclic amines) is 1. The molecule has 0 N–H and O–H groups in total. The van der Waals surface area contributed by atoms with Gasteiger partial charge >= 0.3 is 5.97 Å². The minimum Gasteiger partial charge on any atom is -0.455 e. The third-order valence-electron chi connectivity index (χ3n) is 4.19. The lowest BCUT2D eigenvalue weighted by atomic mass is 10.1. The number of ether oxygens (including phenoxy) is 1. The normalized spacial score (nSPS) is 17.1. The predicted molar refractivity (Wildman–Crippen MR) is 88.8 cm³/mol. The van der Waals surface area contributed by atoms with Crippen LogP contribution >= 0.6 is 0 Å². The molecule has 2 rings (SSSR count). The zero-order chi connectivity index (χ0) is 18.6. The number of esters is 1. The molecule has 1 aromatic carbocycles. The van der Waals surface area contributed by atoms with Crippen LogP contribution in [0.5, 0.6) is 0 Å². The molecule has 6 nitrogen and oxygen atoms in total. The maximum Gasteiger partial charge on any atom is 0.311 e. The van der Waals surface area contributed by atoms with Crippen LogP contribution in [0.4, 0.5) is 4.39 Å². The molecule has 0 spiro atoms. The van der Waals surface area contributed by atoms with Gasteiger partial charge in [-0.2, -0.15) is 0 Å². The highest BCUT2D eigenvalue weighted by Crippen LogP contribution is 2.21. The lowest BCUT2D eigenvalue weighted by Crippen LogP contribution is -2.34. The van der Waals surface area contributed by atoms with Crippen LogP contribution in [0.1, 0.15) is 25.8 Å². The molecule has 0 aliphatic carbocycles. The summed E-state index contributed by atoms with van der Waals surface area (Å²) in [6.07, 6.45) is 0.115. The number of benzene rings is 1. The van der Waals surface area contributed by atoms with Crippen LogP contribution in [0.15, 0.2) is 24.3 Å². The molecule has 0 aromatic heterocycles. The third-order valence-corrected chi connectivity index (χ3v) is 4.19. The van der Waals surface area contributed by atoms with E-state index in [2.05, 4.69) is 0 Å². The second kappa shape index (κ2) is 8.09. The molecule has 1 aliphatic rings. The Morgan fingerprint density at radius 3 is 2.72 bits per heavy atom. The number of hydrogen-bond acceptors (Lipinski definition) is 4. The highest BCUT2D eigenvalue weighted by Gasteiger charge is 2.36. The molecule has 1 saturated heterocycles. The average Bonchev–Trinajstić information content (AvgIpc) is 2.94. The van der Waals surface area contributed by atoms with Gasteiger partial charge in [-0.3, -0.25) is 14.4 Å². The maximum atomic E-state index is 13.2. The molecule has 1 unspecified atom stereocenters. The van der Waals surface area contributed by atoms with Crippen molar-refractivity contribution in [3.05, 3.63) is 35.6 Å². The first kappa shape index (κ1) is 18.9. The van der Waals surface area contributed by atoms with Crippen molar-refractivity contribution in [3.8, 4) is 0 Å². The zero-order valence-corrected chi connectivity index (χ0v) is 14.7. The molecule has 1 aliphatic heterocycles. The number of carbonyl (C=O) groups is 3. The van der Waals surface area contributed by atoms with Crippen LogP contribution in [-0.4, -0.2) is 53.8 Å². The van der Waals surface area contributed by atoms with E-state index in [0.29, 0.717) is 12.1 Å². The number of carbonyl (C=O) groups excluding carboxylic acids is 3. The quantitative estimate of drug-likeness (QED) is 0.731. The van der Waals surface area contributed by atoms with Gasteiger partial charge in [0.2, 0.25) is 5.91 Å². The summed E-state index contributed by atoms with van der Waals surface area (Å²) in [5, 5.41) is 0. The van der Waals surface area contributed by atoms with Gasteiger partial charge in [-0.1, -0.05) is 12.1 Å². The van der Waals surface area contributed by atoms with E-state index < -0.39 is 18.5 Å². The number of rotatable bonds is 6. The fraction of sp³-hybridized carbons (Fsp3) is 0.500. The van der Waals surface area contributed by atoms with Crippen molar-refractivity contribution in [1.82, 2.24) is 9.80 Å². The summed E-state index contributed by atoms with van der Waals surface area (Å²) in [6, 6.07) is 5.99. The van der Waals surface area contributed by atoms with Crippen molar-refractivity contribution < 1.29 is 23.5 Å². The number of hydrogen-bond donors (Lipinski definition) is 0. The van der Waals surface area contributed by atoms with Gasteiger partial charge in [0.25, 0.3) is 5.91 Å². The molecular weight excluding hydrogens is 327 g/mol. The number of likely N-dealkylation sites (N-methyl/N-ethyl adjacent to an activating group) is 1. The van der Waals surface area contributed by atoms with E-state index in [0.717, 1.165) is 0 Å². The van der Waals surface area contributed by atoms with Gasteiger partial charge in [-0.05, 0) is 31.5 Å². The zero-order valence-electron chi connectivity index (χ0n) is 14.7. The number of nitrogens with zero attached hydrogens (tertiary/aromatic N) is 2. The molecule has 0 saturated carbocycles. The minimum absolute atomic E-state index is 0.0318. The van der Waals surface area contributed by atoms with Crippen LogP contribution < -0.4 is 0 Å². The molecule has 136 valence electrons. The van der Waals surface area contributed by atoms with Gasteiger partial charge in [0.05, 0.1) is 5.92 Å². The Labute approximate surface area is 146 Å². The van der Waals surface area contributed by atoms with Crippen LogP contribution in [0, 0.1) is 11.7 Å². The van der Waals surface area contributed by atoms with Gasteiger partial charge in [0.1, 0.15) is 5.82 Å². The van der Waals surface area contributed by atoms with Crippen LogP contribution in [-0.2, 0) is 25.7 Å². The Morgan fingerprint density at radius 1 is 1.40 bits per heavy atom. The molecule has 0 bridgehead atoms. The largest absolute Gasteiger partial charge is 0.455 e. The summed E-state index contributed by atoms with van der Waals surface area (Å²) < 4.78 is 18.2. The molecule has 1 aromatic rings. The minimum atomic E-state index is -0.538. The Bertz CT molecular complexity index is 662. The van der Waals surface area contributed by atoms with Gasteiger partial charge in [0.15, 0.2) is 6.61 Å². The van der Waals surface area contributed by atoms with Gasteiger partial charge < -0.3 is 14.5 Å². The molecule has 1 fully saturated rings. The summed E-state index contributed by atoms with van der Waals surface area (Å²) in [5.74, 6) is -1.90. The molecule has 1 atom stereocenters. The second-order valence-corrected chi connectivity index (χ2v) is 6.53. The first-order valence-corrected chi connectivity index (χ1v) is 8.22. The molecular formula is C18H23FN2O4. The summed E-state index contributed by atoms with van der Waals surface area (Å²) in [7, 11) is 1.56. The maximum absolute atomic E-state index is 13.2. The highest BCUT2D eigenvalue weighted by atomic mass is 19.1. The summed E-state index contributed by atoms with van der Waals surface area (Å²) in [5.41, 5.74) is 0.649. The molecule has 2 amide bonds. The van der Waals surface area contributed by atoms with E-state index in [1.165, 1.54) is 17.0 Å². The van der Waals surface area contributed by atoms with Gasteiger partial charge in [-0.15, -0.1) is 0 Å². The van der Waals surface area contributed by atoms with Crippen molar-refractivity contribution in [2.75, 3.05) is 20.2 Å². The van der Waals surface area contributed by atoms with E-state index in [1.807, 2.05) is 13.8 Å². The van der Waals surface area contributed by atoms with Crippen molar-refractivity contribution in [1.29, 1.82) is 0 Å². The molecule has 7 heteroatoms. The molecule has 1 heterocycles. The van der Waals surface area contributed by atoms with Crippen LogP contribution in [0.25, 0.3) is 0 Å². The lowest BCUT2D eigenvalue weighted by Gasteiger charge is -2.21. The third kappa shape index (κ3) is 5.01. The SMILES string of the molecule is CC(C)N1CC(C(=O)OCC(=O)N(C)Cc2cccc(F)c2)CC1=O. The lowest BCUT2D eigenvalue weighted by molar-refractivity contribution is -0.155. The van der Waals surface area contributed by atoms with Gasteiger partial charge in [0, 0.05) is 32.6 Å². The van der Waals surface area contributed by atoms with Crippen molar-refractivity contribution in [2.45, 2.75) is 32.9 Å². The standard InChI is InChI=1S/C18H23FN2O4/c1-12(2)21-10-14(8-16(21)22)18(24)25-11-17(23)20(3)9-13-5-4-6-15(19)7-13/h4-7,12,14H,8-11H2,1-3H3. The summed E-state index contributed by atoms with van der Waals surface area (Å²) in [4.78, 5) is 38.9. The van der Waals surface area contributed by atoms with E-state index in [-0.39, 0.29) is 36.6 Å². The Kier molecular flexibility index (Phi) is 6.12. The molecule has 25 heavy (non-hydrogen) atoms. The monoisotopic (exact) mass is 350 g/mol. The summed E-state index contributed by atoms with van der Waals surface area (Å²) in [6.45, 7) is 3.92. The fourth-order valence-corrected chi connectivity index (χ4v) is 2.75. The topological polar surface area (TPSA) is 66.9 Å². The smallest absolute Gasteiger partial charge is 0.311 e. The van der Waals surface area contributed by atoms with Crippen molar-refractivity contribution in [3.63, 3.8) is 0 Å². The Hall–Kier alpha value is -2.44. The fourth-order valence-electron chi connectivity index (χ4n) is 2.75. The van der Waals surface area contributed by atoms with Crippen LogP contribution in [0.3, 0.4) is 0 Å². The Morgan fingerprint density at radius 2 is 2.12 bits per heavy atom. The van der Waals surface area contributed by atoms with E-state index in [9.17, 15) is 18.8 Å². The van der Waals surface area contributed by atoms with E-state index in [4.69, 9.17) is 4.74 Å².